The molecule has 0 saturated carbocycles. The molecule has 1 aliphatic rings. The fourth-order valence-electron chi connectivity index (χ4n) is 2.72. The molecule has 2 rings (SSSR count). The van der Waals surface area contributed by atoms with E-state index in [1.807, 2.05) is 13.8 Å². The number of hydrogen-bond donors (Lipinski definition) is 2. The quantitative estimate of drug-likeness (QED) is 0.846. The molecular weight excluding hydrogens is 262 g/mol. The number of nitrogens with one attached hydrogen (secondary N) is 1. The molecule has 0 aliphatic carbocycles. The molecule has 4 nitrogen and oxygen atoms in total. The van der Waals surface area contributed by atoms with Crippen LogP contribution < -0.4 is 16.0 Å². The molecule has 0 spiro atoms. The van der Waals surface area contributed by atoms with Crippen LogP contribution in [0.2, 0.25) is 0 Å². The van der Waals surface area contributed by atoms with E-state index in [1.54, 1.807) is 0 Å². The van der Waals surface area contributed by atoms with Crippen molar-refractivity contribution in [2.75, 3.05) is 18.0 Å². The van der Waals surface area contributed by atoms with Crippen LogP contribution in [0.3, 0.4) is 0 Å². The van der Waals surface area contributed by atoms with Crippen LogP contribution in [0.15, 0.2) is 24.3 Å². The molecule has 4 heteroatoms. The van der Waals surface area contributed by atoms with Crippen LogP contribution in [0.4, 0.5) is 5.69 Å². The molecular formula is C17H27N3O. The van der Waals surface area contributed by atoms with Gasteiger partial charge in [-0.2, -0.15) is 0 Å². The average Bonchev–Trinajstić information content (AvgIpc) is 2.99. The maximum atomic E-state index is 11.9. The van der Waals surface area contributed by atoms with E-state index in [0.717, 1.165) is 25.1 Å². The molecule has 1 saturated heterocycles. The van der Waals surface area contributed by atoms with E-state index in [-0.39, 0.29) is 18.0 Å². The lowest BCUT2D eigenvalue weighted by molar-refractivity contribution is -0.121. The van der Waals surface area contributed by atoms with Crippen molar-refractivity contribution in [2.45, 2.75) is 51.6 Å². The summed E-state index contributed by atoms with van der Waals surface area (Å²) < 4.78 is 0. The Morgan fingerprint density at radius 2 is 2.05 bits per heavy atom. The van der Waals surface area contributed by atoms with Gasteiger partial charge >= 0.3 is 0 Å². The number of nitrogens with two attached hydrogens (primary N) is 1. The topological polar surface area (TPSA) is 58.4 Å². The number of amides is 1. The van der Waals surface area contributed by atoms with E-state index in [1.165, 1.54) is 18.5 Å². The number of nitrogens with zero attached hydrogens (tertiary/aromatic N) is 1. The normalized spacial score (nSPS) is 17.6. The lowest BCUT2D eigenvalue weighted by atomic mass is 10.1. The van der Waals surface area contributed by atoms with Crippen LogP contribution in [0.5, 0.6) is 0 Å². The van der Waals surface area contributed by atoms with Crippen molar-refractivity contribution >= 4 is 11.6 Å². The van der Waals surface area contributed by atoms with Crippen LogP contribution in [0.1, 0.15) is 51.1 Å². The third kappa shape index (κ3) is 4.74. The van der Waals surface area contributed by atoms with Crippen molar-refractivity contribution in [3.05, 3.63) is 29.8 Å². The third-order valence-electron chi connectivity index (χ3n) is 4.05. The van der Waals surface area contributed by atoms with Gasteiger partial charge in [0.2, 0.25) is 5.91 Å². The summed E-state index contributed by atoms with van der Waals surface area (Å²) in [6.07, 6.45) is 3.77. The van der Waals surface area contributed by atoms with E-state index >= 15 is 0 Å². The zero-order chi connectivity index (χ0) is 15.2. The Kier molecular flexibility index (Phi) is 5.62. The van der Waals surface area contributed by atoms with Crippen molar-refractivity contribution in [2.24, 2.45) is 5.73 Å². The Morgan fingerprint density at radius 3 is 2.71 bits per heavy atom. The first kappa shape index (κ1) is 15.8. The molecule has 3 N–H and O–H groups in total. The summed E-state index contributed by atoms with van der Waals surface area (Å²) in [7, 11) is 0. The Morgan fingerprint density at radius 1 is 1.33 bits per heavy atom. The highest BCUT2D eigenvalue weighted by Gasteiger charge is 2.15. The first-order valence-corrected chi connectivity index (χ1v) is 7.96. The van der Waals surface area contributed by atoms with Gasteiger partial charge < -0.3 is 16.0 Å². The average molecular weight is 289 g/mol. The summed E-state index contributed by atoms with van der Waals surface area (Å²) in [6, 6.07) is 8.61. The number of anilines is 1. The minimum absolute atomic E-state index is 0.0353. The fourth-order valence-corrected chi connectivity index (χ4v) is 2.72. The second-order valence-electron chi connectivity index (χ2n) is 6.09. The predicted octanol–water partition coefficient (Wildman–Crippen LogP) is 2.59. The smallest absolute Gasteiger partial charge is 0.220 e. The SMILES string of the molecule is CC(N)CCC(=O)NC(C)c1cccc(N2CCCC2)c1. The summed E-state index contributed by atoms with van der Waals surface area (Å²) in [6.45, 7) is 6.24. The fraction of sp³-hybridized carbons (Fsp3) is 0.588. The molecule has 21 heavy (non-hydrogen) atoms. The summed E-state index contributed by atoms with van der Waals surface area (Å²) in [5.41, 5.74) is 8.11. The molecule has 2 unspecified atom stereocenters. The molecule has 1 fully saturated rings. The van der Waals surface area contributed by atoms with E-state index in [9.17, 15) is 4.79 Å². The zero-order valence-electron chi connectivity index (χ0n) is 13.1. The van der Waals surface area contributed by atoms with Gasteiger partial charge in [-0.25, -0.2) is 0 Å². The lowest BCUT2D eigenvalue weighted by Crippen LogP contribution is -2.28. The molecule has 1 aliphatic heterocycles. The van der Waals surface area contributed by atoms with Gasteiger partial charge in [0, 0.05) is 31.2 Å². The first-order valence-electron chi connectivity index (χ1n) is 7.96. The van der Waals surface area contributed by atoms with E-state index in [0.29, 0.717) is 6.42 Å². The molecule has 2 atom stereocenters. The predicted molar refractivity (Wildman–Crippen MR) is 87.3 cm³/mol. The van der Waals surface area contributed by atoms with Crippen LogP contribution in [-0.4, -0.2) is 25.0 Å². The number of rotatable bonds is 6. The Balaban J connectivity index is 1.94. The van der Waals surface area contributed by atoms with Crippen molar-refractivity contribution in [1.82, 2.24) is 5.32 Å². The van der Waals surface area contributed by atoms with Gasteiger partial charge in [0.05, 0.1) is 6.04 Å². The van der Waals surface area contributed by atoms with Gasteiger partial charge in [-0.3, -0.25) is 4.79 Å². The molecule has 1 heterocycles. The molecule has 1 amide bonds. The van der Waals surface area contributed by atoms with Crippen LogP contribution >= 0.6 is 0 Å². The van der Waals surface area contributed by atoms with Crippen molar-refractivity contribution in [3.8, 4) is 0 Å². The highest BCUT2D eigenvalue weighted by Crippen LogP contribution is 2.24. The Labute approximate surface area is 127 Å². The lowest BCUT2D eigenvalue weighted by Gasteiger charge is -2.21. The molecule has 0 radical (unpaired) electrons. The summed E-state index contributed by atoms with van der Waals surface area (Å²) in [5, 5.41) is 3.06. The second-order valence-corrected chi connectivity index (χ2v) is 6.09. The minimum atomic E-state index is 0.0353. The third-order valence-corrected chi connectivity index (χ3v) is 4.05. The molecule has 1 aromatic carbocycles. The van der Waals surface area contributed by atoms with Crippen LogP contribution in [0.25, 0.3) is 0 Å². The minimum Gasteiger partial charge on any atom is -0.372 e. The highest BCUT2D eigenvalue weighted by molar-refractivity contribution is 5.76. The standard InChI is InChI=1S/C17H27N3O/c1-13(18)8-9-17(21)19-14(2)15-6-5-7-16(12-15)20-10-3-4-11-20/h5-7,12-14H,3-4,8-11,18H2,1-2H3,(H,19,21). The van der Waals surface area contributed by atoms with E-state index in [2.05, 4.69) is 34.5 Å². The molecule has 1 aromatic rings. The highest BCUT2D eigenvalue weighted by atomic mass is 16.1. The van der Waals surface area contributed by atoms with Crippen LogP contribution in [0, 0.1) is 0 Å². The van der Waals surface area contributed by atoms with Crippen molar-refractivity contribution in [1.29, 1.82) is 0 Å². The number of benzene rings is 1. The molecule has 0 bridgehead atoms. The van der Waals surface area contributed by atoms with Crippen LogP contribution in [-0.2, 0) is 4.79 Å². The summed E-state index contributed by atoms with van der Waals surface area (Å²) in [4.78, 5) is 14.3. The summed E-state index contributed by atoms with van der Waals surface area (Å²) in [5.74, 6) is 0.0753. The van der Waals surface area contributed by atoms with Crippen molar-refractivity contribution < 1.29 is 4.79 Å². The largest absolute Gasteiger partial charge is 0.372 e. The maximum absolute atomic E-state index is 11.9. The maximum Gasteiger partial charge on any atom is 0.220 e. The monoisotopic (exact) mass is 289 g/mol. The first-order chi connectivity index (χ1) is 10.1. The van der Waals surface area contributed by atoms with E-state index in [4.69, 9.17) is 5.73 Å². The Hall–Kier alpha value is -1.55. The molecule has 116 valence electrons. The van der Waals surface area contributed by atoms with Gasteiger partial charge in [-0.1, -0.05) is 12.1 Å². The van der Waals surface area contributed by atoms with Gasteiger partial charge in [-0.05, 0) is 50.8 Å². The van der Waals surface area contributed by atoms with Gasteiger partial charge in [-0.15, -0.1) is 0 Å². The van der Waals surface area contributed by atoms with Gasteiger partial charge in [0.1, 0.15) is 0 Å². The second kappa shape index (κ2) is 7.46. The Bertz CT molecular complexity index is 467. The number of carbonyl (C=O) groups excluding carboxylic acids is 1. The zero-order valence-corrected chi connectivity index (χ0v) is 13.1. The molecule has 0 aromatic heterocycles. The van der Waals surface area contributed by atoms with Gasteiger partial charge in [0.25, 0.3) is 0 Å². The number of carbonyl (C=O) groups is 1. The van der Waals surface area contributed by atoms with E-state index < -0.39 is 0 Å². The van der Waals surface area contributed by atoms with Crippen molar-refractivity contribution in [3.63, 3.8) is 0 Å². The summed E-state index contributed by atoms with van der Waals surface area (Å²) >= 11 is 0. The number of hydrogen-bond acceptors (Lipinski definition) is 3. The van der Waals surface area contributed by atoms with Gasteiger partial charge in [0.15, 0.2) is 0 Å².